The molecule has 0 saturated carbocycles. The van der Waals surface area contributed by atoms with E-state index in [9.17, 15) is 4.79 Å². The van der Waals surface area contributed by atoms with Crippen molar-refractivity contribution in [3.8, 4) is 16.4 Å². The average Bonchev–Trinajstić information content (AvgIpc) is 3.56. The maximum Gasteiger partial charge on any atom is 0.276 e. The van der Waals surface area contributed by atoms with Crippen molar-refractivity contribution >= 4 is 34.7 Å². The first kappa shape index (κ1) is 21.9. The number of hydrogen-bond donors (Lipinski definition) is 1. The molecule has 1 N–H and O–H groups in total. The van der Waals surface area contributed by atoms with Gasteiger partial charge in [-0.05, 0) is 42.6 Å². The highest BCUT2D eigenvalue weighted by Gasteiger charge is 2.26. The molecule has 0 atom stereocenters. The minimum atomic E-state index is -0.127. The molecule has 1 aliphatic rings. The molecule has 0 bridgehead atoms. The molecule has 4 heterocycles. The standard InChI is InChI=1S/C24H24N6O3S/c1-16-14-22(26-17-5-7-18(32-2)8-6-17)27-24(25-16)30-11-9-29(10-12-30)23(31)19-15-20(33-28-19)21-4-3-13-34-21/h3-8,13-15H,9-12H2,1-2H3,(H,25,26,27). The van der Waals surface area contributed by atoms with E-state index in [4.69, 9.17) is 14.2 Å². The van der Waals surface area contributed by atoms with Gasteiger partial charge in [-0.2, -0.15) is 4.98 Å². The van der Waals surface area contributed by atoms with Crippen molar-refractivity contribution in [3.63, 3.8) is 0 Å². The number of carbonyl (C=O) groups is 1. The van der Waals surface area contributed by atoms with Crippen LogP contribution in [0.5, 0.6) is 5.75 Å². The molecule has 0 spiro atoms. The van der Waals surface area contributed by atoms with E-state index in [0.29, 0.717) is 43.6 Å². The first-order valence-corrected chi connectivity index (χ1v) is 11.8. The van der Waals surface area contributed by atoms with E-state index < -0.39 is 0 Å². The second-order valence-electron chi connectivity index (χ2n) is 7.88. The Hall–Kier alpha value is -3.92. The van der Waals surface area contributed by atoms with Crippen LogP contribution >= 0.6 is 11.3 Å². The van der Waals surface area contributed by atoms with Crippen molar-refractivity contribution in [1.82, 2.24) is 20.0 Å². The fraction of sp³-hybridized carbons (Fsp3) is 0.250. The van der Waals surface area contributed by atoms with Crippen molar-refractivity contribution in [2.24, 2.45) is 0 Å². The van der Waals surface area contributed by atoms with Crippen molar-refractivity contribution in [2.75, 3.05) is 43.5 Å². The van der Waals surface area contributed by atoms with Gasteiger partial charge in [-0.15, -0.1) is 11.3 Å². The van der Waals surface area contributed by atoms with Crippen molar-refractivity contribution in [2.45, 2.75) is 6.92 Å². The van der Waals surface area contributed by atoms with Crippen LogP contribution in [0.25, 0.3) is 10.6 Å². The average molecular weight is 477 g/mol. The summed E-state index contributed by atoms with van der Waals surface area (Å²) in [5, 5.41) is 9.27. The number of benzene rings is 1. The number of thiophene rings is 1. The maximum absolute atomic E-state index is 12.9. The maximum atomic E-state index is 12.9. The molecule has 1 saturated heterocycles. The van der Waals surface area contributed by atoms with Crippen LogP contribution in [0.15, 0.2) is 58.4 Å². The first-order valence-electron chi connectivity index (χ1n) is 10.9. The molecule has 34 heavy (non-hydrogen) atoms. The van der Waals surface area contributed by atoms with E-state index in [-0.39, 0.29) is 5.91 Å². The summed E-state index contributed by atoms with van der Waals surface area (Å²) in [6, 6.07) is 15.2. The fourth-order valence-corrected chi connectivity index (χ4v) is 4.44. The fourth-order valence-electron chi connectivity index (χ4n) is 3.76. The molecule has 0 radical (unpaired) electrons. The summed E-state index contributed by atoms with van der Waals surface area (Å²) in [6.07, 6.45) is 0. The monoisotopic (exact) mass is 476 g/mol. The Kier molecular flexibility index (Phi) is 6.13. The number of piperazine rings is 1. The van der Waals surface area contributed by atoms with Gasteiger partial charge in [0.25, 0.3) is 5.91 Å². The SMILES string of the molecule is COc1ccc(Nc2cc(C)nc(N3CCN(C(=O)c4cc(-c5cccs5)on4)CC3)n2)cc1. The number of aromatic nitrogens is 3. The molecule has 1 aromatic carbocycles. The van der Waals surface area contributed by atoms with Crippen molar-refractivity contribution in [1.29, 1.82) is 0 Å². The van der Waals surface area contributed by atoms with Gasteiger partial charge in [0, 0.05) is 49.7 Å². The molecular formula is C24H24N6O3S. The van der Waals surface area contributed by atoms with E-state index in [0.717, 1.165) is 27.8 Å². The number of hydrogen-bond acceptors (Lipinski definition) is 9. The molecule has 0 unspecified atom stereocenters. The van der Waals surface area contributed by atoms with E-state index in [1.807, 2.05) is 54.8 Å². The van der Waals surface area contributed by atoms with Gasteiger partial charge in [0.15, 0.2) is 11.5 Å². The summed E-state index contributed by atoms with van der Waals surface area (Å²) >= 11 is 1.55. The van der Waals surface area contributed by atoms with Gasteiger partial charge >= 0.3 is 0 Å². The predicted molar refractivity (Wildman–Crippen MR) is 131 cm³/mol. The van der Waals surface area contributed by atoms with Crippen LogP contribution in [0.3, 0.4) is 0 Å². The van der Waals surface area contributed by atoms with Crippen molar-refractivity contribution < 1.29 is 14.1 Å². The van der Waals surface area contributed by atoms with E-state index >= 15 is 0 Å². The van der Waals surface area contributed by atoms with Crippen LogP contribution in [0.1, 0.15) is 16.2 Å². The zero-order valence-electron chi connectivity index (χ0n) is 18.9. The molecule has 1 aliphatic heterocycles. The molecule has 0 aliphatic carbocycles. The quantitative estimate of drug-likeness (QED) is 0.442. The lowest BCUT2D eigenvalue weighted by Gasteiger charge is -2.34. The Bertz CT molecular complexity index is 1260. The summed E-state index contributed by atoms with van der Waals surface area (Å²) < 4.78 is 10.6. The summed E-state index contributed by atoms with van der Waals surface area (Å²) in [6.45, 7) is 4.32. The topological polar surface area (TPSA) is 96.6 Å². The minimum absolute atomic E-state index is 0.127. The van der Waals surface area contributed by atoms with Crippen LogP contribution in [0.2, 0.25) is 0 Å². The van der Waals surface area contributed by atoms with E-state index in [1.54, 1.807) is 29.4 Å². The highest BCUT2D eigenvalue weighted by atomic mass is 32.1. The minimum Gasteiger partial charge on any atom is -0.497 e. The number of carbonyl (C=O) groups excluding carboxylic acids is 1. The van der Waals surface area contributed by atoms with Crippen LogP contribution < -0.4 is 15.0 Å². The Morgan fingerprint density at radius 2 is 1.88 bits per heavy atom. The first-order chi connectivity index (χ1) is 16.6. The largest absolute Gasteiger partial charge is 0.497 e. The molecular weight excluding hydrogens is 452 g/mol. The van der Waals surface area contributed by atoms with Gasteiger partial charge in [-0.1, -0.05) is 11.2 Å². The van der Waals surface area contributed by atoms with Crippen LogP contribution in [-0.2, 0) is 0 Å². The number of ether oxygens (including phenoxy) is 1. The van der Waals surface area contributed by atoms with Crippen LogP contribution in [-0.4, -0.2) is 59.2 Å². The lowest BCUT2D eigenvalue weighted by atomic mass is 10.2. The number of nitrogens with one attached hydrogen (secondary N) is 1. The molecule has 5 rings (SSSR count). The lowest BCUT2D eigenvalue weighted by molar-refractivity contribution is 0.0736. The van der Waals surface area contributed by atoms with Crippen LogP contribution in [0, 0.1) is 6.92 Å². The molecule has 1 fully saturated rings. The van der Waals surface area contributed by atoms with E-state index in [2.05, 4.69) is 20.4 Å². The number of amides is 1. The third-order valence-corrected chi connectivity index (χ3v) is 6.43. The highest BCUT2D eigenvalue weighted by Crippen LogP contribution is 2.26. The number of rotatable bonds is 6. The zero-order valence-corrected chi connectivity index (χ0v) is 19.7. The normalized spacial score (nSPS) is 13.7. The zero-order chi connectivity index (χ0) is 23.5. The van der Waals surface area contributed by atoms with Crippen LogP contribution in [0.4, 0.5) is 17.5 Å². The summed E-state index contributed by atoms with van der Waals surface area (Å²) in [5.74, 6) is 2.64. The van der Waals surface area contributed by atoms with Gasteiger partial charge in [-0.25, -0.2) is 4.98 Å². The lowest BCUT2D eigenvalue weighted by Crippen LogP contribution is -2.49. The molecule has 174 valence electrons. The Labute approximate surface area is 201 Å². The number of methoxy groups -OCH3 is 1. The summed E-state index contributed by atoms with van der Waals surface area (Å²) in [4.78, 5) is 27.1. The van der Waals surface area contributed by atoms with Gasteiger partial charge in [0.2, 0.25) is 5.95 Å². The molecule has 10 heteroatoms. The second-order valence-corrected chi connectivity index (χ2v) is 8.83. The summed E-state index contributed by atoms with van der Waals surface area (Å²) in [7, 11) is 1.64. The van der Waals surface area contributed by atoms with Crippen molar-refractivity contribution in [3.05, 3.63) is 65.3 Å². The molecule has 9 nitrogen and oxygen atoms in total. The number of aryl methyl sites for hydroxylation is 1. The molecule has 3 aromatic heterocycles. The Morgan fingerprint density at radius 1 is 1.09 bits per heavy atom. The second kappa shape index (κ2) is 9.52. The Morgan fingerprint density at radius 3 is 2.59 bits per heavy atom. The van der Waals surface area contributed by atoms with Gasteiger partial charge in [-0.3, -0.25) is 4.79 Å². The molecule has 1 amide bonds. The van der Waals surface area contributed by atoms with Gasteiger partial charge in [0.1, 0.15) is 11.6 Å². The predicted octanol–water partition coefficient (Wildman–Crippen LogP) is 4.22. The van der Waals surface area contributed by atoms with E-state index in [1.165, 1.54) is 0 Å². The smallest absolute Gasteiger partial charge is 0.276 e. The third-order valence-electron chi connectivity index (χ3n) is 5.55. The highest BCUT2D eigenvalue weighted by molar-refractivity contribution is 7.13. The van der Waals surface area contributed by atoms with Gasteiger partial charge in [0.05, 0.1) is 12.0 Å². The third kappa shape index (κ3) is 4.72. The van der Waals surface area contributed by atoms with Gasteiger partial charge < -0.3 is 24.4 Å². The number of nitrogens with zero attached hydrogens (tertiary/aromatic N) is 5. The number of anilines is 3. The Balaban J connectivity index is 1.23. The summed E-state index contributed by atoms with van der Waals surface area (Å²) in [5.41, 5.74) is 2.10. The molecule has 4 aromatic rings.